The molecule has 1 aliphatic rings. The van der Waals surface area contributed by atoms with Gasteiger partial charge in [0.1, 0.15) is 11.4 Å². The van der Waals surface area contributed by atoms with E-state index >= 15 is 0 Å². The van der Waals surface area contributed by atoms with Crippen molar-refractivity contribution in [2.24, 2.45) is 0 Å². The molecule has 1 saturated heterocycles. The van der Waals surface area contributed by atoms with Crippen molar-refractivity contribution in [1.29, 1.82) is 0 Å². The second-order valence-electron chi connectivity index (χ2n) is 6.74. The van der Waals surface area contributed by atoms with Crippen molar-refractivity contribution in [3.8, 4) is 5.75 Å². The first-order valence-electron chi connectivity index (χ1n) is 7.52. The molecule has 0 aromatic heterocycles. The maximum Gasteiger partial charge on any atom is 0.415 e. The molecule has 0 unspecified atom stereocenters. The topological polar surface area (TPSA) is 67.9 Å². The summed E-state index contributed by atoms with van der Waals surface area (Å²) in [6, 6.07) is 7.71. The fourth-order valence-electron chi connectivity index (χ4n) is 2.21. The fraction of sp³-hybridized carbons (Fsp3) is 0.500. The van der Waals surface area contributed by atoms with Crippen molar-refractivity contribution in [1.82, 2.24) is 10.2 Å². The van der Waals surface area contributed by atoms with E-state index in [1.807, 2.05) is 5.32 Å². The normalized spacial score (nSPS) is 16.6. The van der Waals surface area contributed by atoms with Crippen molar-refractivity contribution in [2.75, 3.05) is 13.1 Å². The summed E-state index contributed by atoms with van der Waals surface area (Å²) in [5.74, 6) is 0.112. The highest BCUT2D eigenvalue weighted by molar-refractivity contribution is 5.74. The monoisotopic (exact) mass is 360 g/mol. The number of hydrogen-bond acceptors (Lipinski definition) is 4. The highest BCUT2D eigenvalue weighted by Gasteiger charge is 2.64. The minimum atomic E-state index is -4.75. The number of hydrogen-bond donors (Lipinski definition) is 1. The number of ether oxygens (including phenoxy) is 2. The quantitative estimate of drug-likeness (QED) is 0.879. The van der Waals surface area contributed by atoms with Gasteiger partial charge in [0.15, 0.2) is 5.54 Å². The Balaban J connectivity index is 2.02. The molecule has 1 aromatic rings. The van der Waals surface area contributed by atoms with Gasteiger partial charge >= 0.3 is 18.4 Å². The van der Waals surface area contributed by atoms with Crippen LogP contribution in [0.4, 0.5) is 22.8 Å². The van der Waals surface area contributed by atoms with Crippen LogP contribution in [0.1, 0.15) is 20.8 Å². The number of likely N-dealkylation sites (tertiary alicyclic amines) is 1. The molecule has 138 valence electrons. The molecular weight excluding hydrogens is 341 g/mol. The van der Waals surface area contributed by atoms with Gasteiger partial charge in [-0.1, -0.05) is 18.2 Å². The minimum Gasteiger partial charge on any atom is -0.444 e. The number of alkyl halides is 3. The Labute approximate surface area is 142 Å². The van der Waals surface area contributed by atoms with Crippen LogP contribution < -0.4 is 10.1 Å². The zero-order valence-corrected chi connectivity index (χ0v) is 14.0. The van der Waals surface area contributed by atoms with Gasteiger partial charge in [-0.15, -0.1) is 0 Å². The number of carbonyl (C=O) groups is 2. The van der Waals surface area contributed by atoms with Crippen LogP contribution in [0.15, 0.2) is 30.3 Å². The van der Waals surface area contributed by atoms with Crippen molar-refractivity contribution < 1.29 is 32.2 Å². The first kappa shape index (κ1) is 18.9. The van der Waals surface area contributed by atoms with E-state index in [-0.39, 0.29) is 5.75 Å². The zero-order chi connectivity index (χ0) is 18.9. The minimum absolute atomic E-state index is 0.112. The smallest absolute Gasteiger partial charge is 0.415 e. The molecule has 2 amide bonds. The highest BCUT2D eigenvalue weighted by Crippen LogP contribution is 2.38. The van der Waals surface area contributed by atoms with Gasteiger partial charge in [-0.3, -0.25) is 0 Å². The predicted molar refractivity (Wildman–Crippen MR) is 82.2 cm³/mol. The third kappa shape index (κ3) is 4.55. The van der Waals surface area contributed by atoms with Gasteiger partial charge in [-0.2, -0.15) is 13.2 Å². The van der Waals surface area contributed by atoms with Gasteiger partial charge < -0.3 is 19.7 Å². The summed E-state index contributed by atoms with van der Waals surface area (Å²) in [7, 11) is 0. The lowest BCUT2D eigenvalue weighted by atomic mass is 9.89. The van der Waals surface area contributed by atoms with E-state index in [2.05, 4.69) is 0 Å². The van der Waals surface area contributed by atoms with E-state index in [9.17, 15) is 22.8 Å². The second-order valence-corrected chi connectivity index (χ2v) is 6.74. The average Bonchev–Trinajstić information content (AvgIpc) is 2.39. The molecule has 1 heterocycles. The van der Waals surface area contributed by atoms with Crippen LogP contribution in [0.5, 0.6) is 5.75 Å². The maximum absolute atomic E-state index is 13.4. The second kappa shape index (κ2) is 6.45. The number of carbonyl (C=O) groups excluding carboxylic acids is 2. The molecule has 1 aromatic carbocycles. The Hall–Kier alpha value is -2.45. The number of halogens is 3. The van der Waals surface area contributed by atoms with Crippen LogP contribution in [0.25, 0.3) is 0 Å². The lowest BCUT2D eigenvalue weighted by Crippen LogP contribution is -2.78. The van der Waals surface area contributed by atoms with Crippen LogP contribution in [-0.2, 0) is 4.74 Å². The summed E-state index contributed by atoms with van der Waals surface area (Å²) in [4.78, 5) is 24.5. The van der Waals surface area contributed by atoms with Crippen LogP contribution in [0, 0.1) is 0 Å². The summed E-state index contributed by atoms with van der Waals surface area (Å²) in [6.07, 6.45) is -6.86. The Morgan fingerprint density at radius 3 is 2.16 bits per heavy atom. The number of nitrogens with one attached hydrogen (secondary N) is 1. The maximum atomic E-state index is 13.4. The summed E-state index contributed by atoms with van der Waals surface area (Å²) >= 11 is 0. The Morgan fingerprint density at radius 1 is 1.12 bits per heavy atom. The molecule has 9 heteroatoms. The zero-order valence-electron chi connectivity index (χ0n) is 14.0. The Kier molecular flexibility index (Phi) is 4.87. The summed E-state index contributed by atoms with van der Waals surface area (Å²) in [6.45, 7) is 3.34. The summed E-state index contributed by atoms with van der Waals surface area (Å²) in [5, 5.41) is 1.83. The van der Waals surface area contributed by atoms with E-state index in [1.54, 1.807) is 39.0 Å². The lowest BCUT2D eigenvalue weighted by molar-refractivity contribution is -0.227. The molecule has 0 saturated carbocycles. The Morgan fingerprint density at radius 2 is 1.68 bits per heavy atom. The standard InChI is InChI=1S/C16H19F3N2O4/c1-14(2,3)25-13(23)21-9-15(10-21,16(17,18)19)20-12(22)24-11-7-5-4-6-8-11/h4-8H,9-10H2,1-3H3,(H,20,22). The molecule has 25 heavy (non-hydrogen) atoms. The van der Waals surface area contributed by atoms with E-state index in [4.69, 9.17) is 9.47 Å². The molecule has 2 rings (SSSR count). The molecule has 0 atom stereocenters. The number of rotatable bonds is 2. The van der Waals surface area contributed by atoms with Gasteiger partial charge in [0.25, 0.3) is 0 Å². The van der Waals surface area contributed by atoms with Crippen LogP contribution in [0.2, 0.25) is 0 Å². The highest BCUT2D eigenvalue weighted by atomic mass is 19.4. The predicted octanol–water partition coefficient (Wildman–Crippen LogP) is 3.33. The van der Waals surface area contributed by atoms with Crippen LogP contribution in [0.3, 0.4) is 0 Å². The van der Waals surface area contributed by atoms with Crippen molar-refractivity contribution in [3.05, 3.63) is 30.3 Å². The largest absolute Gasteiger partial charge is 0.444 e. The Bertz CT molecular complexity index is 635. The first-order valence-corrected chi connectivity index (χ1v) is 7.52. The molecule has 0 spiro atoms. The van der Waals surface area contributed by atoms with Crippen molar-refractivity contribution >= 4 is 12.2 Å². The van der Waals surface area contributed by atoms with Gasteiger partial charge in [0, 0.05) is 0 Å². The third-order valence-corrected chi connectivity index (χ3v) is 3.41. The number of nitrogens with zero attached hydrogens (tertiary/aromatic N) is 1. The van der Waals surface area contributed by atoms with E-state index in [0.29, 0.717) is 0 Å². The average molecular weight is 360 g/mol. The first-order chi connectivity index (χ1) is 11.4. The summed E-state index contributed by atoms with van der Waals surface area (Å²) < 4.78 is 50.0. The van der Waals surface area contributed by atoms with E-state index in [0.717, 1.165) is 4.90 Å². The van der Waals surface area contributed by atoms with E-state index < -0.39 is 42.6 Å². The van der Waals surface area contributed by atoms with Gasteiger partial charge in [0.2, 0.25) is 0 Å². The third-order valence-electron chi connectivity index (χ3n) is 3.41. The molecule has 1 fully saturated rings. The molecule has 0 radical (unpaired) electrons. The number of benzene rings is 1. The van der Waals surface area contributed by atoms with Crippen molar-refractivity contribution in [2.45, 2.75) is 38.1 Å². The molecular formula is C16H19F3N2O4. The SMILES string of the molecule is CC(C)(C)OC(=O)N1CC(NC(=O)Oc2ccccc2)(C(F)(F)F)C1. The lowest BCUT2D eigenvalue weighted by Gasteiger charge is -2.49. The van der Waals surface area contributed by atoms with Gasteiger partial charge in [-0.05, 0) is 32.9 Å². The fourth-order valence-corrected chi connectivity index (χ4v) is 2.21. The molecule has 6 nitrogen and oxygen atoms in total. The van der Waals surface area contributed by atoms with Gasteiger partial charge in [0.05, 0.1) is 13.1 Å². The number of para-hydroxylation sites is 1. The van der Waals surface area contributed by atoms with Gasteiger partial charge in [-0.25, -0.2) is 9.59 Å². The molecule has 0 aliphatic carbocycles. The number of amides is 2. The molecule has 1 aliphatic heterocycles. The van der Waals surface area contributed by atoms with E-state index in [1.165, 1.54) is 12.1 Å². The molecule has 1 N–H and O–H groups in total. The van der Waals surface area contributed by atoms with Crippen LogP contribution >= 0.6 is 0 Å². The molecule has 0 bridgehead atoms. The van der Waals surface area contributed by atoms with Crippen LogP contribution in [-0.4, -0.2) is 47.5 Å². The van der Waals surface area contributed by atoms with Crippen molar-refractivity contribution in [3.63, 3.8) is 0 Å². The summed E-state index contributed by atoms with van der Waals surface area (Å²) in [5.41, 5.74) is -3.39.